The summed E-state index contributed by atoms with van der Waals surface area (Å²) in [6, 6.07) is 4.73. The Hall–Kier alpha value is -2.39. The highest BCUT2D eigenvalue weighted by Gasteiger charge is 2.37. The van der Waals surface area contributed by atoms with E-state index in [4.69, 9.17) is 0 Å². The highest BCUT2D eigenvalue weighted by atomic mass is 32.2. The van der Waals surface area contributed by atoms with Gasteiger partial charge in [-0.25, -0.2) is 8.42 Å². The number of sulfonamides is 1. The second-order valence-electron chi connectivity index (χ2n) is 7.22. The molecule has 1 aromatic rings. The van der Waals surface area contributed by atoms with Crippen LogP contribution in [0.5, 0.6) is 0 Å². The molecule has 0 spiro atoms. The lowest BCUT2D eigenvalue weighted by atomic mass is 9.92. The number of carbonyl (C=O) groups is 2. The van der Waals surface area contributed by atoms with Crippen LogP contribution < -0.4 is 10.6 Å². The van der Waals surface area contributed by atoms with E-state index in [-0.39, 0.29) is 17.4 Å². The zero-order valence-electron chi connectivity index (χ0n) is 15.7. The molecule has 152 valence electrons. The first-order chi connectivity index (χ1) is 13.3. The molecule has 2 aliphatic rings. The minimum absolute atomic E-state index is 0.0468. The van der Waals surface area contributed by atoms with E-state index in [0.29, 0.717) is 12.8 Å². The maximum atomic E-state index is 13.0. The molecule has 1 saturated carbocycles. The number of benzene rings is 1. The fourth-order valence-corrected chi connectivity index (χ4v) is 4.94. The molecule has 3 atom stereocenters. The Morgan fingerprint density at radius 3 is 2.61 bits per heavy atom. The summed E-state index contributed by atoms with van der Waals surface area (Å²) in [5.74, 6) is -1.04. The summed E-state index contributed by atoms with van der Waals surface area (Å²) in [5, 5.41) is 15.2. The standard InChI is InChI=1S/C19H25N3O5S/c1-13-6-8-14(9-7-13)28(26,27)22-11-10-20-19(25)16(22)12-18(24)21-15-4-2-3-5-17(15)23/h6-11,15-17,23H,2-5,12H2,1H3,(H,20,25)(H,21,24)/t15-,16-,17-/m1/s1. The van der Waals surface area contributed by atoms with Gasteiger partial charge >= 0.3 is 0 Å². The van der Waals surface area contributed by atoms with Crippen molar-refractivity contribution < 1.29 is 23.1 Å². The van der Waals surface area contributed by atoms with Crippen LogP contribution in [0, 0.1) is 6.92 Å². The summed E-state index contributed by atoms with van der Waals surface area (Å²) >= 11 is 0. The second-order valence-corrected chi connectivity index (χ2v) is 9.06. The molecule has 0 saturated heterocycles. The maximum absolute atomic E-state index is 13.0. The first kappa shape index (κ1) is 20.3. The third-order valence-corrected chi connectivity index (χ3v) is 6.91. The Kier molecular flexibility index (Phi) is 6.04. The zero-order chi connectivity index (χ0) is 20.3. The van der Waals surface area contributed by atoms with Crippen LogP contribution in [0.3, 0.4) is 0 Å². The van der Waals surface area contributed by atoms with E-state index in [0.717, 1.165) is 22.7 Å². The van der Waals surface area contributed by atoms with Gasteiger partial charge in [0.05, 0.1) is 23.5 Å². The molecule has 0 bridgehead atoms. The van der Waals surface area contributed by atoms with Crippen LogP contribution >= 0.6 is 0 Å². The SMILES string of the molecule is Cc1ccc(S(=O)(=O)N2C=CNC(=O)[C@H]2CC(=O)N[C@@H]2CCCC[C@H]2O)cc1. The van der Waals surface area contributed by atoms with Crippen molar-refractivity contribution in [3.8, 4) is 0 Å². The summed E-state index contributed by atoms with van der Waals surface area (Å²) < 4.78 is 26.9. The second kappa shape index (κ2) is 8.32. The molecular weight excluding hydrogens is 382 g/mol. The zero-order valence-corrected chi connectivity index (χ0v) is 16.5. The molecule has 1 aliphatic carbocycles. The summed E-state index contributed by atoms with van der Waals surface area (Å²) in [7, 11) is -3.99. The first-order valence-corrected chi connectivity index (χ1v) is 10.8. The normalized spacial score (nSPS) is 25.3. The quantitative estimate of drug-likeness (QED) is 0.667. The fourth-order valence-electron chi connectivity index (χ4n) is 3.49. The number of amides is 2. The Balaban J connectivity index is 1.77. The lowest BCUT2D eigenvalue weighted by Gasteiger charge is -2.32. The molecule has 0 aromatic heterocycles. The highest BCUT2D eigenvalue weighted by molar-refractivity contribution is 7.89. The molecule has 1 fully saturated rings. The summed E-state index contributed by atoms with van der Waals surface area (Å²) in [6.45, 7) is 1.84. The molecule has 2 amide bonds. The van der Waals surface area contributed by atoms with Crippen molar-refractivity contribution in [2.24, 2.45) is 0 Å². The third kappa shape index (κ3) is 4.36. The molecule has 0 radical (unpaired) electrons. The van der Waals surface area contributed by atoms with Gasteiger partial charge < -0.3 is 15.7 Å². The number of aliphatic hydroxyl groups is 1. The number of hydrogen-bond acceptors (Lipinski definition) is 5. The highest BCUT2D eigenvalue weighted by Crippen LogP contribution is 2.23. The third-order valence-electron chi connectivity index (χ3n) is 5.11. The Morgan fingerprint density at radius 2 is 1.93 bits per heavy atom. The molecule has 1 aromatic carbocycles. The fraction of sp³-hybridized carbons (Fsp3) is 0.474. The summed E-state index contributed by atoms with van der Waals surface area (Å²) in [4.78, 5) is 24.9. The molecule has 8 nitrogen and oxygen atoms in total. The molecule has 28 heavy (non-hydrogen) atoms. The van der Waals surface area contributed by atoms with Gasteiger partial charge in [-0.2, -0.15) is 0 Å². The Bertz CT molecular complexity index is 866. The predicted octanol–water partition coefficient (Wildman–Crippen LogP) is 0.765. The van der Waals surface area contributed by atoms with Gasteiger partial charge in [-0.15, -0.1) is 0 Å². The van der Waals surface area contributed by atoms with Gasteiger partial charge in [-0.3, -0.25) is 13.9 Å². The van der Waals surface area contributed by atoms with Crippen LogP contribution in [0.1, 0.15) is 37.7 Å². The lowest BCUT2D eigenvalue weighted by molar-refractivity contribution is -0.130. The molecule has 1 heterocycles. The van der Waals surface area contributed by atoms with Crippen LogP contribution in [0.4, 0.5) is 0 Å². The van der Waals surface area contributed by atoms with E-state index in [1.54, 1.807) is 12.1 Å². The van der Waals surface area contributed by atoms with Crippen molar-refractivity contribution in [3.05, 3.63) is 42.2 Å². The topological polar surface area (TPSA) is 116 Å². The maximum Gasteiger partial charge on any atom is 0.264 e. The number of aryl methyl sites for hydroxylation is 1. The number of hydrogen-bond donors (Lipinski definition) is 3. The van der Waals surface area contributed by atoms with E-state index in [1.165, 1.54) is 24.5 Å². The van der Waals surface area contributed by atoms with Crippen LogP contribution in [0.2, 0.25) is 0 Å². The minimum atomic E-state index is -3.99. The van der Waals surface area contributed by atoms with E-state index in [1.807, 2.05) is 6.92 Å². The van der Waals surface area contributed by atoms with Crippen molar-refractivity contribution >= 4 is 21.8 Å². The smallest absolute Gasteiger partial charge is 0.264 e. The molecule has 1 aliphatic heterocycles. The van der Waals surface area contributed by atoms with Gasteiger partial charge in [0.1, 0.15) is 6.04 Å². The molecule has 0 unspecified atom stereocenters. The molecule has 3 rings (SSSR count). The van der Waals surface area contributed by atoms with Crippen molar-refractivity contribution in [2.45, 2.75) is 62.1 Å². The van der Waals surface area contributed by atoms with Gasteiger partial charge in [0.2, 0.25) is 11.8 Å². The van der Waals surface area contributed by atoms with Crippen LogP contribution in [0.25, 0.3) is 0 Å². The van der Waals surface area contributed by atoms with Crippen LogP contribution in [-0.2, 0) is 19.6 Å². The van der Waals surface area contributed by atoms with Crippen molar-refractivity contribution in [2.75, 3.05) is 0 Å². The van der Waals surface area contributed by atoms with Crippen molar-refractivity contribution in [1.82, 2.24) is 14.9 Å². The number of nitrogens with one attached hydrogen (secondary N) is 2. The Morgan fingerprint density at radius 1 is 1.25 bits per heavy atom. The van der Waals surface area contributed by atoms with Crippen molar-refractivity contribution in [1.29, 1.82) is 0 Å². The number of rotatable bonds is 5. The number of carbonyl (C=O) groups excluding carboxylic acids is 2. The van der Waals surface area contributed by atoms with Crippen LogP contribution in [0.15, 0.2) is 41.6 Å². The minimum Gasteiger partial charge on any atom is -0.391 e. The largest absolute Gasteiger partial charge is 0.391 e. The lowest BCUT2D eigenvalue weighted by Crippen LogP contribution is -2.52. The van der Waals surface area contributed by atoms with Crippen LogP contribution in [-0.4, -0.2) is 47.8 Å². The molecular formula is C19H25N3O5S. The predicted molar refractivity (Wildman–Crippen MR) is 102 cm³/mol. The van der Waals surface area contributed by atoms with Crippen molar-refractivity contribution in [3.63, 3.8) is 0 Å². The van der Waals surface area contributed by atoms with Gasteiger partial charge in [-0.1, -0.05) is 30.5 Å². The van der Waals surface area contributed by atoms with E-state index < -0.39 is 34.0 Å². The number of aliphatic hydroxyl groups excluding tert-OH is 1. The first-order valence-electron chi connectivity index (χ1n) is 9.34. The van der Waals surface area contributed by atoms with Gasteiger partial charge in [0.15, 0.2) is 0 Å². The van der Waals surface area contributed by atoms with E-state index >= 15 is 0 Å². The molecule has 9 heteroatoms. The molecule has 3 N–H and O–H groups in total. The van der Waals surface area contributed by atoms with E-state index in [9.17, 15) is 23.1 Å². The average molecular weight is 407 g/mol. The summed E-state index contributed by atoms with van der Waals surface area (Å²) in [5.41, 5.74) is 0.910. The Labute approximate surface area is 164 Å². The average Bonchev–Trinajstić information content (AvgIpc) is 2.65. The number of nitrogens with zero attached hydrogens (tertiary/aromatic N) is 1. The van der Waals surface area contributed by atoms with Gasteiger partial charge in [0, 0.05) is 12.4 Å². The summed E-state index contributed by atoms with van der Waals surface area (Å²) in [6.07, 6.45) is 4.64. The van der Waals surface area contributed by atoms with Gasteiger partial charge in [0.25, 0.3) is 10.0 Å². The van der Waals surface area contributed by atoms with E-state index in [2.05, 4.69) is 10.6 Å². The monoisotopic (exact) mass is 407 g/mol. The van der Waals surface area contributed by atoms with Gasteiger partial charge in [-0.05, 0) is 31.9 Å².